The highest BCUT2D eigenvalue weighted by molar-refractivity contribution is 9.10. The first-order valence-electron chi connectivity index (χ1n) is 6.47. The Morgan fingerprint density at radius 2 is 2.00 bits per heavy atom. The van der Waals surface area contributed by atoms with Gasteiger partial charge in [-0.25, -0.2) is 4.98 Å². The number of nitrogens with zero attached hydrogens (tertiary/aromatic N) is 1. The standard InChI is InChI=1S/C14H12BrF3N2O3S/c1-22-8-4-3-7(11(15)12(8)23-2)6-24-13-19-9(14(16,17)18)5-10(21)20-13/h3-5H,6H2,1-2H3,(H,19,20,21). The fraction of sp³-hybridized carbons (Fsp3) is 0.286. The Balaban J connectivity index is 2.26. The zero-order chi connectivity index (χ0) is 17.9. The van der Waals surface area contributed by atoms with Gasteiger partial charge in [0.25, 0.3) is 5.56 Å². The molecule has 1 heterocycles. The highest BCUT2D eigenvalue weighted by Gasteiger charge is 2.33. The van der Waals surface area contributed by atoms with E-state index in [4.69, 9.17) is 9.47 Å². The van der Waals surface area contributed by atoms with Gasteiger partial charge in [-0.1, -0.05) is 17.8 Å². The molecule has 0 aliphatic heterocycles. The summed E-state index contributed by atoms with van der Waals surface area (Å²) >= 11 is 4.35. The number of ether oxygens (including phenoxy) is 2. The first-order valence-corrected chi connectivity index (χ1v) is 8.24. The molecular weight excluding hydrogens is 413 g/mol. The zero-order valence-corrected chi connectivity index (χ0v) is 14.9. The minimum Gasteiger partial charge on any atom is -0.493 e. The molecule has 1 aromatic carbocycles. The quantitative estimate of drug-likeness (QED) is 0.583. The summed E-state index contributed by atoms with van der Waals surface area (Å²) in [6.45, 7) is 0. The van der Waals surface area contributed by atoms with Crippen molar-refractivity contribution in [2.75, 3.05) is 14.2 Å². The normalized spacial score (nSPS) is 11.4. The first kappa shape index (κ1) is 18.7. The van der Waals surface area contributed by atoms with Gasteiger partial charge in [-0.05, 0) is 27.6 Å². The maximum absolute atomic E-state index is 12.7. The number of aromatic amines is 1. The van der Waals surface area contributed by atoms with Crippen LogP contribution >= 0.6 is 27.7 Å². The van der Waals surface area contributed by atoms with E-state index in [1.54, 1.807) is 12.1 Å². The third-order valence-corrected chi connectivity index (χ3v) is 4.73. The average molecular weight is 425 g/mol. The molecule has 2 rings (SSSR count). The van der Waals surface area contributed by atoms with Gasteiger partial charge in [-0.15, -0.1) is 0 Å². The van der Waals surface area contributed by atoms with Crippen LogP contribution in [-0.4, -0.2) is 24.2 Å². The third kappa shape index (κ3) is 4.23. The van der Waals surface area contributed by atoms with E-state index in [1.165, 1.54) is 14.2 Å². The SMILES string of the molecule is COc1ccc(CSc2nc(C(F)(F)F)cc(=O)[nH]2)c(Br)c1OC. The smallest absolute Gasteiger partial charge is 0.433 e. The highest BCUT2D eigenvalue weighted by Crippen LogP contribution is 2.39. The maximum atomic E-state index is 12.7. The van der Waals surface area contributed by atoms with Gasteiger partial charge >= 0.3 is 6.18 Å². The van der Waals surface area contributed by atoms with E-state index in [2.05, 4.69) is 25.9 Å². The van der Waals surface area contributed by atoms with E-state index in [9.17, 15) is 18.0 Å². The zero-order valence-electron chi connectivity index (χ0n) is 12.5. The number of aromatic nitrogens is 2. The predicted molar refractivity (Wildman–Crippen MR) is 86.7 cm³/mol. The number of H-pyrrole nitrogens is 1. The topological polar surface area (TPSA) is 64.2 Å². The summed E-state index contributed by atoms with van der Waals surface area (Å²) < 4.78 is 49.1. The molecule has 10 heteroatoms. The lowest BCUT2D eigenvalue weighted by atomic mass is 10.2. The Hall–Kier alpha value is -1.68. The van der Waals surface area contributed by atoms with Crippen LogP contribution in [0.1, 0.15) is 11.3 Å². The second kappa shape index (κ2) is 7.47. The molecule has 5 nitrogen and oxygen atoms in total. The second-order valence-electron chi connectivity index (χ2n) is 4.50. The number of thioether (sulfide) groups is 1. The van der Waals surface area contributed by atoms with Gasteiger partial charge in [0.1, 0.15) is 0 Å². The number of methoxy groups -OCH3 is 2. The van der Waals surface area contributed by atoms with Crippen LogP contribution in [0, 0.1) is 0 Å². The molecule has 24 heavy (non-hydrogen) atoms. The van der Waals surface area contributed by atoms with Crippen molar-refractivity contribution >= 4 is 27.7 Å². The molecule has 1 aromatic heterocycles. The molecule has 0 atom stereocenters. The van der Waals surface area contributed by atoms with E-state index < -0.39 is 17.4 Å². The van der Waals surface area contributed by atoms with Crippen LogP contribution in [0.15, 0.2) is 32.6 Å². The molecule has 130 valence electrons. The summed E-state index contributed by atoms with van der Waals surface area (Å²) in [5.41, 5.74) is -1.33. The lowest BCUT2D eigenvalue weighted by Crippen LogP contribution is -2.16. The monoisotopic (exact) mass is 424 g/mol. The Morgan fingerprint density at radius 1 is 1.29 bits per heavy atom. The van der Waals surface area contributed by atoms with Crippen molar-refractivity contribution in [3.05, 3.63) is 44.3 Å². The lowest BCUT2D eigenvalue weighted by Gasteiger charge is -2.13. The average Bonchev–Trinajstić information content (AvgIpc) is 2.52. The van der Waals surface area contributed by atoms with Crippen LogP contribution in [0.5, 0.6) is 11.5 Å². The first-order chi connectivity index (χ1) is 11.3. The van der Waals surface area contributed by atoms with Gasteiger partial charge in [0, 0.05) is 11.8 Å². The van der Waals surface area contributed by atoms with Gasteiger partial charge in [0.05, 0.1) is 18.7 Å². The molecule has 0 saturated carbocycles. The molecule has 0 saturated heterocycles. The van der Waals surface area contributed by atoms with E-state index >= 15 is 0 Å². The molecule has 0 aliphatic carbocycles. The number of hydrogen-bond acceptors (Lipinski definition) is 5. The molecule has 0 amide bonds. The van der Waals surface area contributed by atoms with Crippen LogP contribution in [0.25, 0.3) is 0 Å². The van der Waals surface area contributed by atoms with Crippen molar-refractivity contribution in [1.29, 1.82) is 0 Å². The van der Waals surface area contributed by atoms with E-state index in [1.807, 2.05) is 0 Å². The number of benzene rings is 1. The predicted octanol–water partition coefficient (Wildman–Crippen LogP) is 3.86. The summed E-state index contributed by atoms with van der Waals surface area (Å²) in [5.74, 6) is 1.26. The summed E-state index contributed by atoms with van der Waals surface area (Å²) in [7, 11) is 2.97. The molecule has 0 radical (unpaired) electrons. The highest BCUT2D eigenvalue weighted by atomic mass is 79.9. The van der Waals surface area contributed by atoms with Crippen LogP contribution in [0.2, 0.25) is 0 Å². The summed E-state index contributed by atoms with van der Waals surface area (Å²) in [5, 5.41) is -0.114. The minimum atomic E-state index is -4.67. The largest absolute Gasteiger partial charge is 0.493 e. The number of alkyl halides is 3. The molecule has 2 aromatic rings. The molecule has 1 N–H and O–H groups in total. The fourth-order valence-corrected chi connectivity index (χ4v) is 3.52. The van der Waals surface area contributed by atoms with Crippen molar-refractivity contribution < 1.29 is 22.6 Å². The van der Waals surface area contributed by atoms with Crippen LogP contribution in [-0.2, 0) is 11.9 Å². The van der Waals surface area contributed by atoms with Crippen LogP contribution in [0.4, 0.5) is 13.2 Å². The second-order valence-corrected chi connectivity index (χ2v) is 6.25. The number of halogens is 4. The van der Waals surface area contributed by atoms with Gasteiger partial charge in [0.15, 0.2) is 22.3 Å². The summed E-state index contributed by atoms with van der Waals surface area (Å²) in [6, 6.07) is 3.85. The van der Waals surface area contributed by atoms with Gasteiger partial charge in [0.2, 0.25) is 0 Å². The molecule has 0 fully saturated rings. The van der Waals surface area contributed by atoms with Crippen molar-refractivity contribution in [3.63, 3.8) is 0 Å². The van der Waals surface area contributed by atoms with E-state index in [0.717, 1.165) is 17.3 Å². The minimum absolute atomic E-state index is 0.114. The number of rotatable bonds is 5. The Kier molecular flexibility index (Phi) is 5.81. The van der Waals surface area contributed by atoms with Crippen LogP contribution < -0.4 is 15.0 Å². The van der Waals surface area contributed by atoms with Gasteiger partial charge in [-0.3, -0.25) is 4.79 Å². The Morgan fingerprint density at radius 3 is 2.58 bits per heavy atom. The van der Waals surface area contributed by atoms with E-state index in [0.29, 0.717) is 22.0 Å². The molecule has 0 unspecified atom stereocenters. The van der Waals surface area contributed by atoms with Crippen molar-refractivity contribution in [2.45, 2.75) is 17.1 Å². The van der Waals surface area contributed by atoms with Gasteiger partial charge in [-0.2, -0.15) is 13.2 Å². The molecular formula is C14H12BrF3N2O3S. The van der Waals surface area contributed by atoms with E-state index in [-0.39, 0.29) is 10.9 Å². The summed E-state index contributed by atoms with van der Waals surface area (Å²) in [6.07, 6.45) is -4.67. The Labute approximate surface area is 147 Å². The Bertz CT molecular complexity index is 796. The van der Waals surface area contributed by atoms with Crippen molar-refractivity contribution in [2.24, 2.45) is 0 Å². The summed E-state index contributed by atoms with van der Waals surface area (Å²) in [4.78, 5) is 17.1. The maximum Gasteiger partial charge on any atom is 0.433 e. The van der Waals surface area contributed by atoms with Crippen molar-refractivity contribution in [3.8, 4) is 11.5 Å². The third-order valence-electron chi connectivity index (χ3n) is 2.94. The van der Waals surface area contributed by atoms with Crippen molar-refractivity contribution in [1.82, 2.24) is 9.97 Å². The number of nitrogens with one attached hydrogen (secondary N) is 1. The fourth-order valence-electron chi connectivity index (χ4n) is 1.84. The van der Waals surface area contributed by atoms with Gasteiger partial charge < -0.3 is 14.5 Å². The number of hydrogen-bond donors (Lipinski definition) is 1. The molecule has 0 bridgehead atoms. The lowest BCUT2D eigenvalue weighted by molar-refractivity contribution is -0.141. The molecule has 0 spiro atoms. The molecule has 0 aliphatic rings. The van der Waals surface area contributed by atoms with Crippen LogP contribution in [0.3, 0.4) is 0 Å².